The van der Waals surface area contributed by atoms with Gasteiger partial charge in [-0.3, -0.25) is 4.90 Å². The number of rotatable bonds is 3. The summed E-state index contributed by atoms with van der Waals surface area (Å²) >= 11 is 0. The average molecular weight is 247 g/mol. The van der Waals surface area contributed by atoms with E-state index in [2.05, 4.69) is 11.8 Å². The summed E-state index contributed by atoms with van der Waals surface area (Å²) in [4.78, 5) is 2.66. The van der Waals surface area contributed by atoms with Crippen LogP contribution in [0.1, 0.15) is 45.4 Å². The fourth-order valence-corrected chi connectivity index (χ4v) is 3.46. The molecule has 2 rings (SSSR count). The van der Waals surface area contributed by atoms with E-state index in [9.17, 15) is 0 Å². The first-order chi connectivity index (χ1) is 7.29. The SMILES string of the molecule is CC1CCCC(CN2CCCC2CN)C1.Cl. The summed E-state index contributed by atoms with van der Waals surface area (Å²) in [5.41, 5.74) is 5.81. The predicted molar refractivity (Wildman–Crippen MR) is 72.0 cm³/mol. The molecule has 3 heteroatoms. The largest absolute Gasteiger partial charge is 0.329 e. The highest BCUT2D eigenvalue weighted by Gasteiger charge is 2.27. The van der Waals surface area contributed by atoms with E-state index in [1.807, 2.05) is 0 Å². The average Bonchev–Trinajstić information content (AvgIpc) is 2.65. The Labute approximate surface area is 106 Å². The second kappa shape index (κ2) is 6.83. The van der Waals surface area contributed by atoms with Gasteiger partial charge in [-0.05, 0) is 44.1 Å². The van der Waals surface area contributed by atoms with Gasteiger partial charge < -0.3 is 5.73 Å². The number of nitrogens with two attached hydrogens (primary N) is 1. The minimum absolute atomic E-state index is 0. The van der Waals surface area contributed by atoms with Gasteiger partial charge in [0.2, 0.25) is 0 Å². The molecule has 2 N–H and O–H groups in total. The summed E-state index contributed by atoms with van der Waals surface area (Å²) in [5.74, 6) is 1.92. The van der Waals surface area contributed by atoms with Gasteiger partial charge in [-0.1, -0.05) is 19.8 Å². The van der Waals surface area contributed by atoms with Crippen LogP contribution < -0.4 is 5.73 Å². The Hall–Kier alpha value is 0.210. The Morgan fingerprint density at radius 2 is 2.00 bits per heavy atom. The van der Waals surface area contributed by atoms with Crippen LogP contribution in [0.15, 0.2) is 0 Å². The Balaban J connectivity index is 0.00000128. The van der Waals surface area contributed by atoms with Gasteiger partial charge in [-0.25, -0.2) is 0 Å². The highest BCUT2D eigenvalue weighted by molar-refractivity contribution is 5.85. The monoisotopic (exact) mass is 246 g/mol. The molecule has 0 aromatic carbocycles. The molecule has 0 radical (unpaired) electrons. The molecule has 0 spiro atoms. The summed E-state index contributed by atoms with van der Waals surface area (Å²) in [7, 11) is 0. The summed E-state index contributed by atoms with van der Waals surface area (Å²) in [5, 5.41) is 0. The fraction of sp³-hybridized carbons (Fsp3) is 1.00. The molecule has 1 heterocycles. The topological polar surface area (TPSA) is 29.3 Å². The Morgan fingerprint density at radius 1 is 1.19 bits per heavy atom. The molecule has 96 valence electrons. The van der Waals surface area contributed by atoms with Crippen LogP contribution in [0.5, 0.6) is 0 Å². The smallest absolute Gasteiger partial charge is 0.0219 e. The molecule has 0 bridgehead atoms. The first-order valence-corrected chi connectivity index (χ1v) is 6.73. The maximum absolute atomic E-state index is 5.81. The van der Waals surface area contributed by atoms with Gasteiger partial charge in [0.25, 0.3) is 0 Å². The first kappa shape index (κ1) is 14.3. The molecule has 2 fully saturated rings. The van der Waals surface area contributed by atoms with Crippen molar-refractivity contribution in [2.75, 3.05) is 19.6 Å². The van der Waals surface area contributed by atoms with E-state index in [1.54, 1.807) is 0 Å². The Bertz CT molecular complexity index is 198. The normalized spacial score (nSPS) is 36.0. The predicted octanol–water partition coefficient (Wildman–Crippen LogP) is 2.66. The zero-order chi connectivity index (χ0) is 10.7. The lowest BCUT2D eigenvalue weighted by Gasteiger charge is -2.32. The standard InChI is InChI=1S/C13H26N2.ClH/c1-11-4-2-5-12(8-11)10-15-7-3-6-13(15)9-14;/h11-13H,2-10,14H2,1H3;1H. The van der Waals surface area contributed by atoms with Crippen LogP contribution in [-0.2, 0) is 0 Å². The molecule has 1 saturated heterocycles. The molecule has 0 aromatic heterocycles. The molecule has 3 unspecified atom stereocenters. The number of hydrogen-bond donors (Lipinski definition) is 1. The van der Waals surface area contributed by atoms with Crippen LogP contribution in [-0.4, -0.2) is 30.6 Å². The van der Waals surface area contributed by atoms with Crippen molar-refractivity contribution in [1.82, 2.24) is 4.90 Å². The highest BCUT2D eigenvalue weighted by Crippen LogP contribution is 2.30. The van der Waals surface area contributed by atoms with Gasteiger partial charge in [0.15, 0.2) is 0 Å². The molecule has 1 saturated carbocycles. The molecule has 1 aliphatic carbocycles. The van der Waals surface area contributed by atoms with Gasteiger partial charge in [0.05, 0.1) is 0 Å². The molecule has 0 aromatic rings. The Morgan fingerprint density at radius 3 is 2.69 bits per heavy atom. The maximum Gasteiger partial charge on any atom is 0.0219 e. The van der Waals surface area contributed by atoms with Crippen LogP contribution in [0.3, 0.4) is 0 Å². The number of nitrogens with zero attached hydrogens (tertiary/aromatic N) is 1. The molecule has 1 aliphatic heterocycles. The van der Waals surface area contributed by atoms with Crippen LogP contribution >= 0.6 is 12.4 Å². The van der Waals surface area contributed by atoms with Gasteiger partial charge in [-0.2, -0.15) is 0 Å². The molecule has 2 nitrogen and oxygen atoms in total. The number of hydrogen-bond acceptors (Lipinski definition) is 2. The molecular formula is C13H27ClN2. The lowest BCUT2D eigenvalue weighted by Crippen LogP contribution is -2.39. The summed E-state index contributed by atoms with van der Waals surface area (Å²) in [6.45, 7) is 5.90. The van der Waals surface area contributed by atoms with Crippen LogP contribution in [0.4, 0.5) is 0 Å². The third-order valence-electron chi connectivity index (χ3n) is 4.31. The third kappa shape index (κ3) is 3.61. The zero-order valence-corrected chi connectivity index (χ0v) is 11.3. The minimum Gasteiger partial charge on any atom is -0.329 e. The molecule has 16 heavy (non-hydrogen) atoms. The summed E-state index contributed by atoms with van der Waals surface area (Å²) in [6, 6.07) is 0.697. The lowest BCUT2D eigenvalue weighted by molar-refractivity contribution is 0.171. The van der Waals surface area contributed by atoms with Crippen LogP contribution in [0, 0.1) is 11.8 Å². The Kier molecular flexibility index (Phi) is 6.09. The number of halogens is 1. The van der Waals surface area contributed by atoms with E-state index in [4.69, 9.17) is 5.73 Å². The van der Waals surface area contributed by atoms with E-state index < -0.39 is 0 Å². The second-order valence-corrected chi connectivity index (χ2v) is 5.66. The summed E-state index contributed by atoms with van der Waals surface area (Å²) in [6.07, 6.45) is 8.51. The van der Waals surface area contributed by atoms with Crippen molar-refractivity contribution in [3.05, 3.63) is 0 Å². The lowest BCUT2D eigenvalue weighted by atomic mass is 9.82. The van der Waals surface area contributed by atoms with Gasteiger partial charge in [-0.15, -0.1) is 12.4 Å². The van der Waals surface area contributed by atoms with Crippen molar-refractivity contribution in [1.29, 1.82) is 0 Å². The van der Waals surface area contributed by atoms with Crippen molar-refractivity contribution >= 4 is 12.4 Å². The van der Waals surface area contributed by atoms with Crippen molar-refractivity contribution in [3.8, 4) is 0 Å². The zero-order valence-electron chi connectivity index (χ0n) is 10.5. The fourth-order valence-electron chi connectivity index (χ4n) is 3.46. The van der Waals surface area contributed by atoms with Gasteiger partial charge >= 0.3 is 0 Å². The van der Waals surface area contributed by atoms with E-state index in [0.717, 1.165) is 18.4 Å². The van der Waals surface area contributed by atoms with Gasteiger partial charge in [0, 0.05) is 19.1 Å². The quantitative estimate of drug-likeness (QED) is 0.830. The second-order valence-electron chi connectivity index (χ2n) is 5.66. The van der Waals surface area contributed by atoms with Crippen molar-refractivity contribution in [2.24, 2.45) is 17.6 Å². The molecule has 3 atom stereocenters. The third-order valence-corrected chi connectivity index (χ3v) is 4.31. The molecule has 2 aliphatic rings. The maximum atomic E-state index is 5.81. The van der Waals surface area contributed by atoms with Crippen molar-refractivity contribution in [2.45, 2.75) is 51.5 Å². The van der Waals surface area contributed by atoms with E-state index in [-0.39, 0.29) is 12.4 Å². The van der Waals surface area contributed by atoms with Crippen LogP contribution in [0.2, 0.25) is 0 Å². The molecular weight excluding hydrogens is 220 g/mol. The highest BCUT2D eigenvalue weighted by atomic mass is 35.5. The first-order valence-electron chi connectivity index (χ1n) is 6.73. The minimum atomic E-state index is 0. The van der Waals surface area contributed by atoms with Crippen LogP contribution in [0.25, 0.3) is 0 Å². The van der Waals surface area contributed by atoms with Gasteiger partial charge in [0.1, 0.15) is 0 Å². The van der Waals surface area contributed by atoms with E-state index in [0.29, 0.717) is 6.04 Å². The van der Waals surface area contributed by atoms with Crippen molar-refractivity contribution in [3.63, 3.8) is 0 Å². The summed E-state index contributed by atoms with van der Waals surface area (Å²) < 4.78 is 0. The van der Waals surface area contributed by atoms with E-state index >= 15 is 0 Å². The molecule has 0 amide bonds. The number of likely N-dealkylation sites (tertiary alicyclic amines) is 1. The van der Waals surface area contributed by atoms with Crippen molar-refractivity contribution < 1.29 is 0 Å². The van der Waals surface area contributed by atoms with E-state index in [1.165, 1.54) is 51.6 Å².